The number of amides is 1. The van der Waals surface area contributed by atoms with Crippen molar-refractivity contribution in [2.45, 2.75) is 6.17 Å². The summed E-state index contributed by atoms with van der Waals surface area (Å²) in [4.78, 5) is 14.6. The lowest BCUT2D eigenvalue weighted by Gasteiger charge is -2.27. The Balaban J connectivity index is 1.77. The molecular weight excluding hydrogens is 374 g/mol. The topological polar surface area (TPSA) is 32.3 Å². The van der Waals surface area contributed by atoms with Gasteiger partial charge in [0, 0.05) is 27.5 Å². The van der Waals surface area contributed by atoms with Crippen LogP contribution in [0.1, 0.15) is 22.1 Å². The quantitative estimate of drug-likeness (QED) is 0.607. The highest BCUT2D eigenvalue weighted by atomic mass is 35.5. The Morgan fingerprint density at radius 2 is 1.69 bits per heavy atom. The van der Waals surface area contributed by atoms with Gasteiger partial charge in [0.1, 0.15) is 12.0 Å². The van der Waals surface area contributed by atoms with Crippen LogP contribution < -0.4 is 10.2 Å². The molecule has 0 aromatic heterocycles. The normalized spacial score (nSPS) is 15.9. The number of halogens is 3. The van der Waals surface area contributed by atoms with E-state index < -0.39 is 12.0 Å². The zero-order chi connectivity index (χ0) is 18.3. The van der Waals surface area contributed by atoms with Gasteiger partial charge in [-0.1, -0.05) is 41.4 Å². The molecule has 0 saturated heterocycles. The predicted octanol–water partition coefficient (Wildman–Crippen LogP) is 5.90. The van der Waals surface area contributed by atoms with E-state index in [9.17, 15) is 9.18 Å². The number of hydrogen-bond donors (Lipinski definition) is 1. The van der Waals surface area contributed by atoms with Crippen LogP contribution in [-0.2, 0) is 0 Å². The molecule has 0 radical (unpaired) electrons. The third-order valence-corrected chi connectivity index (χ3v) is 4.83. The van der Waals surface area contributed by atoms with Gasteiger partial charge >= 0.3 is 0 Å². The molecule has 130 valence electrons. The monoisotopic (exact) mass is 386 g/mol. The number of nitrogens with zero attached hydrogens (tertiary/aromatic N) is 1. The Morgan fingerprint density at radius 1 is 0.962 bits per heavy atom. The third-order valence-electron chi connectivity index (χ3n) is 4.29. The molecule has 0 aliphatic carbocycles. The molecule has 0 fully saturated rings. The number of benzene rings is 3. The van der Waals surface area contributed by atoms with E-state index in [2.05, 4.69) is 5.32 Å². The second-order valence-electron chi connectivity index (χ2n) is 5.91. The van der Waals surface area contributed by atoms with Crippen molar-refractivity contribution >= 4 is 40.5 Å². The number of carbonyl (C=O) groups excluding carboxylic acids is 1. The van der Waals surface area contributed by atoms with Crippen LogP contribution in [0.2, 0.25) is 10.0 Å². The maximum Gasteiger partial charge on any atom is 0.260 e. The van der Waals surface area contributed by atoms with E-state index in [0.717, 1.165) is 5.56 Å². The summed E-state index contributed by atoms with van der Waals surface area (Å²) in [6.07, 6.45) is -0.443. The minimum atomic E-state index is -0.491. The van der Waals surface area contributed by atoms with E-state index in [-0.39, 0.29) is 10.9 Å². The van der Waals surface area contributed by atoms with E-state index in [0.29, 0.717) is 22.0 Å². The van der Waals surface area contributed by atoms with Crippen LogP contribution in [0.3, 0.4) is 0 Å². The third kappa shape index (κ3) is 2.91. The van der Waals surface area contributed by atoms with E-state index >= 15 is 0 Å². The van der Waals surface area contributed by atoms with E-state index in [1.165, 1.54) is 12.1 Å². The highest BCUT2D eigenvalue weighted by Gasteiger charge is 2.37. The van der Waals surface area contributed by atoms with Crippen LogP contribution in [0.25, 0.3) is 0 Å². The molecule has 0 bridgehead atoms. The minimum absolute atomic E-state index is 0.0191. The molecule has 0 saturated carbocycles. The number of fused-ring (bicyclic) bond motifs is 1. The summed E-state index contributed by atoms with van der Waals surface area (Å²) in [5.41, 5.74) is 2.78. The summed E-state index contributed by atoms with van der Waals surface area (Å²) < 4.78 is 13.5. The molecule has 1 atom stereocenters. The van der Waals surface area contributed by atoms with Gasteiger partial charge in [-0.2, -0.15) is 0 Å². The van der Waals surface area contributed by atoms with Crippen molar-refractivity contribution < 1.29 is 9.18 Å². The standard InChI is InChI=1S/C20H13Cl2FN2O/c21-12-5-8-14(9-6-12)25-19(15-3-1-2-4-16(15)20(25)26)24-13-7-10-18(23)17(22)11-13/h1-11,19,24H/t19-/m0/s1. The second kappa shape index (κ2) is 6.63. The van der Waals surface area contributed by atoms with Crippen molar-refractivity contribution in [3.63, 3.8) is 0 Å². The molecule has 0 spiro atoms. The smallest absolute Gasteiger partial charge is 0.260 e. The molecule has 4 rings (SSSR count). The fourth-order valence-electron chi connectivity index (χ4n) is 3.07. The van der Waals surface area contributed by atoms with Gasteiger partial charge in [-0.3, -0.25) is 9.69 Å². The van der Waals surface area contributed by atoms with E-state index in [1.807, 2.05) is 18.2 Å². The molecule has 3 aromatic carbocycles. The summed E-state index contributed by atoms with van der Waals surface area (Å²) in [7, 11) is 0. The Morgan fingerprint density at radius 3 is 2.42 bits per heavy atom. The minimum Gasteiger partial charge on any atom is -0.361 e. The van der Waals surface area contributed by atoms with Crippen LogP contribution in [-0.4, -0.2) is 5.91 Å². The number of hydrogen-bond acceptors (Lipinski definition) is 2. The van der Waals surface area contributed by atoms with Crippen molar-refractivity contribution in [1.29, 1.82) is 0 Å². The van der Waals surface area contributed by atoms with E-state index in [1.54, 1.807) is 41.3 Å². The highest BCUT2D eigenvalue weighted by molar-refractivity contribution is 6.31. The lowest BCUT2D eigenvalue weighted by molar-refractivity contribution is 0.0993. The summed E-state index contributed by atoms with van der Waals surface area (Å²) >= 11 is 11.9. The first-order valence-electron chi connectivity index (χ1n) is 7.94. The van der Waals surface area contributed by atoms with Crippen molar-refractivity contribution in [2.75, 3.05) is 10.2 Å². The first-order chi connectivity index (χ1) is 12.5. The maximum atomic E-state index is 13.5. The predicted molar refractivity (Wildman–Crippen MR) is 102 cm³/mol. The Kier molecular flexibility index (Phi) is 4.31. The first-order valence-corrected chi connectivity index (χ1v) is 8.70. The zero-order valence-electron chi connectivity index (χ0n) is 13.4. The summed E-state index contributed by atoms with van der Waals surface area (Å²) in [5, 5.41) is 3.89. The van der Waals surface area contributed by atoms with Gasteiger partial charge in [0.2, 0.25) is 0 Å². The number of carbonyl (C=O) groups is 1. The fourth-order valence-corrected chi connectivity index (χ4v) is 3.38. The number of nitrogens with one attached hydrogen (secondary N) is 1. The van der Waals surface area contributed by atoms with Crippen LogP contribution in [0.4, 0.5) is 15.8 Å². The molecule has 1 aliphatic rings. The molecule has 1 heterocycles. The second-order valence-corrected chi connectivity index (χ2v) is 6.76. The van der Waals surface area contributed by atoms with Gasteiger partial charge in [-0.25, -0.2) is 4.39 Å². The van der Waals surface area contributed by atoms with Crippen LogP contribution in [0, 0.1) is 5.82 Å². The van der Waals surface area contributed by atoms with Crippen LogP contribution in [0.15, 0.2) is 66.7 Å². The van der Waals surface area contributed by atoms with Gasteiger partial charge < -0.3 is 5.32 Å². The van der Waals surface area contributed by atoms with Gasteiger partial charge in [-0.15, -0.1) is 0 Å². The van der Waals surface area contributed by atoms with Crippen molar-refractivity contribution in [3.05, 3.63) is 93.7 Å². The van der Waals surface area contributed by atoms with Gasteiger partial charge in [0.15, 0.2) is 0 Å². The van der Waals surface area contributed by atoms with Gasteiger partial charge in [0.25, 0.3) is 5.91 Å². The van der Waals surface area contributed by atoms with Gasteiger partial charge in [-0.05, 0) is 48.5 Å². The fraction of sp³-hybridized carbons (Fsp3) is 0.0500. The van der Waals surface area contributed by atoms with Crippen molar-refractivity contribution in [3.8, 4) is 0 Å². The number of rotatable bonds is 3. The summed E-state index contributed by atoms with van der Waals surface area (Å²) in [5.74, 6) is -0.608. The largest absolute Gasteiger partial charge is 0.361 e. The van der Waals surface area contributed by atoms with Crippen LogP contribution in [0.5, 0.6) is 0 Å². The lowest BCUT2D eigenvalue weighted by atomic mass is 10.1. The SMILES string of the molecule is O=C1c2ccccc2[C@@H](Nc2ccc(F)c(Cl)c2)N1c1ccc(Cl)cc1. The van der Waals surface area contributed by atoms with Gasteiger partial charge in [0.05, 0.1) is 5.02 Å². The number of anilines is 2. The Bertz CT molecular complexity index is 991. The summed E-state index contributed by atoms with van der Waals surface area (Å²) in [6.45, 7) is 0. The zero-order valence-corrected chi connectivity index (χ0v) is 14.9. The lowest BCUT2D eigenvalue weighted by Crippen LogP contribution is -2.32. The first kappa shape index (κ1) is 16.9. The van der Waals surface area contributed by atoms with E-state index in [4.69, 9.17) is 23.2 Å². The molecule has 3 aromatic rings. The molecule has 1 amide bonds. The molecule has 1 N–H and O–H groups in total. The molecule has 0 unspecified atom stereocenters. The molecule has 26 heavy (non-hydrogen) atoms. The Hall–Kier alpha value is -2.56. The highest BCUT2D eigenvalue weighted by Crippen LogP contribution is 2.38. The van der Waals surface area contributed by atoms with Crippen molar-refractivity contribution in [1.82, 2.24) is 0 Å². The summed E-state index contributed by atoms with van der Waals surface area (Å²) in [6, 6.07) is 18.8. The average molecular weight is 387 g/mol. The van der Waals surface area contributed by atoms with Crippen molar-refractivity contribution in [2.24, 2.45) is 0 Å². The maximum absolute atomic E-state index is 13.5. The Labute approximate surface area is 160 Å². The average Bonchev–Trinajstić information content (AvgIpc) is 2.92. The molecule has 1 aliphatic heterocycles. The molecule has 3 nitrogen and oxygen atoms in total. The molecular formula is C20H13Cl2FN2O. The van der Waals surface area contributed by atoms with Crippen LogP contribution >= 0.6 is 23.2 Å². The molecule has 6 heteroatoms.